The van der Waals surface area contributed by atoms with Crippen LogP contribution >= 0.6 is 7.37 Å². The van der Waals surface area contributed by atoms with Gasteiger partial charge in [0.2, 0.25) is 0 Å². The highest BCUT2D eigenvalue weighted by atomic mass is 31.2. The topological polar surface area (TPSA) is 119 Å². The standard InChI is InChI=1S/C29H29N2O7P/c1-19-26-25(20(2)32)17-30(26)27(29(33)37-18-21-13-15-22(16-14-21)31(34)35)28(19)38-39(36,23-9-5-3-6-10-23)24-11-7-4-8-12-24/h3-16,19-20,25-26,32H,17-18H2,1-2H3. The molecule has 0 spiro atoms. The summed E-state index contributed by atoms with van der Waals surface area (Å²) in [7, 11) is -3.67. The Morgan fingerprint density at radius 3 is 2.13 bits per heavy atom. The lowest BCUT2D eigenvalue weighted by Gasteiger charge is -2.48. The van der Waals surface area contributed by atoms with E-state index < -0.39 is 24.4 Å². The molecule has 0 aliphatic carbocycles. The Morgan fingerprint density at radius 2 is 1.62 bits per heavy atom. The van der Waals surface area contributed by atoms with Gasteiger partial charge in [-0.1, -0.05) is 43.3 Å². The zero-order valence-corrected chi connectivity index (χ0v) is 22.4. The molecule has 0 radical (unpaired) electrons. The summed E-state index contributed by atoms with van der Waals surface area (Å²) in [5, 5.41) is 22.3. The first kappa shape index (κ1) is 26.7. The van der Waals surface area contributed by atoms with Crippen molar-refractivity contribution in [3.8, 4) is 0 Å². The van der Waals surface area contributed by atoms with Gasteiger partial charge < -0.3 is 19.3 Å². The molecule has 4 atom stereocenters. The van der Waals surface area contributed by atoms with E-state index in [9.17, 15) is 24.6 Å². The van der Waals surface area contributed by atoms with E-state index in [1.165, 1.54) is 24.3 Å². The summed E-state index contributed by atoms with van der Waals surface area (Å²) in [4.78, 5) is 25.8. The van der Waals surface area contributed by atoms with E-state index in [1.807, 2.05) is 24.0 Å². The van der Waals surface area contributed by atoms with Crippen LogP contribution < -0.4 is 10.6 Å². The molecule has 3 aromatic rings. The molecule has 3 aromatic carbocycles. The van der Waals surface area contributed by atoms with Crippen molar-refractivity contribution >= 4 is 29.6 Å². The van der Waals surface area contributed by atoms with Crippen molar-refractivity contribution in [2.24, 2.45) is 11.8 Å². The number of carbonyl (C=O) groups excluding carboxylic acids is 1. The van der Waals surface area contributed by atoms with Crippen molar-refractivity contribution in [2.45, 2.75) is 32.6 Å². The smallest absolute Gasteiger partial charge is 0.358 e. The molecule has 4 unspecified atom stereocenters. The number of hydrogen-bond acceptors (Lipinski definition) is 8. The predicted octanol–water partition coefficient (Wildman–Crippen LogP) is 4.13. The second kappa shape index (κ2) is 10.7. The minimum absolute atomic E-state index is 0.0572. The van der Waals surface area contributed by atoms with Gasteiger partial charge in [-0.25, -0.2) is 4.79 Å². The summed E-state index contributed by atoms with van der Waals surface area (Å²) in [5.41, 5.74) is 0.723. The van der Waals surface area contributed by atoms with Crippen LogP contribution in [-0.2, 0) is 25.2 Å². The largest absolute Gasteiger partial charge is 0.456 e. The zero-order valence-electron chi connectivity index (χ0n) is 21.5. The first-order valence-corrected chi connectivity index (χ1v) is 14.3. The second-order valence-corrected chi connectivity index (χ2v) is 12.2. The van der Waals surface area contributed by atoms with Gasteiger partial charge in [0.05, 0.1) is 21.6 Å². The fourth-order valence-electron chi connectivity index (χ4n) is 5.30. The van der Waals surface area contributed by atoms with E-state index in [4.69, 9.17) is 9.26 Å². The van der Waals surface area contributed by atoms with Gasteiger partial charge >= 0.3 is 13.3 Å². The quantitative estimate of drug-likeness (QED) is 0.184. The van der Waals surface area contributed by atoms with Crippen LogP contribution in [0.3, 0.4) is 0 Å². The Balaban J connectivity index is 1.50. The molecule has 1 N–H and O–H groups in total. The van der Waals surface area contributed by atoms with Crippen LogP contribution in [0.5, 0.6) is 0 Å². The number of nitro groups is 1. The van der Waals surface area contributed by atoms with Crippen LogP contribution in [0.4, 0.5) is 5.69 Å². The van der Waals surface area contributed by atoms with E-state index in [0.29, 0.717) is 22.7 Å². The van der Waals surface area contributed by atoms with Gasteiger partial charge in [0.25, 0.3) is 5.69 Å². The molecule has 2 heterocycles. The number of ether oxygens (including phenoxy) is 1. The number of nitro benzene ring substituents is 1. The maximum absolute atomic E-state index is 14.7. The molecule has 39 heavy (non-hydrogen) atoms. The van der Waals surface area contributed by atoms with Crippen LogP contribution in [0.1, 0.15) is 19.4 Å². The van der Waals surface area contributed by atoms with Gasteiger partial charge in [0, 0.05) is 36.6 Å². The van der Waals surface area contributed by atoms with Crippen molar-refractivity contribution in [1.82, 2.24) is 4.90 Å². The zero-order chi connectivity index (χ0) is 27.7. The molecule has 2 aliphatic rings. The molecule has 0 amide bonds. The highest BCUT2D eigenvalue weighted by molar-refractivity contribution is 7.74. The SMILES string of the molecule is CC(O)C1CN2C(C(=O)OCc3ccc([N+](=O)[O-])cc3)=C(OP(=O)(c3ccccc3)c3ccccc3)C(C)C12. The highest BCUT2D eigenvalue weighted by Gasteiger charge is 2.56. The Hall–Kier alpha value is -3.94. The minimum atomic E-state index is -3.67. The predicted molar refractivity (Wildman–Crippen MR) is 146 cm³/mol. The highest BCUT2D eigenvalue weighted by Crippen LogP contribution is 2.54. The summed E-state index contributed by atoms with van der Waals surface area (Å²) < 4.78 is 26.8. The molecule has 5 rings (SSSR count). The number of carbonyl (C=O) groups is 1. The van der Waals surface area contributed by atoms with Crippen LogP contribution in [-0.4, -0.2) is 39.6 Å². The van der Waals surface area contributed by atoms with Crippen molar-refractivity contribution < 1.29 is 28.7 Å². The molecule has 1 saturated heterocycles. The fraction of sp³-hybridized carbons (Fsp3) is 0.276. The number of benzene rings is 3. The summed E-state index contributed by atoms with van der Waals surface area (Å²) in [6, 6.07) is 23.3. The number of hydrogen-bond donors (Lipinski definition) is 1. The van der Waals surface area contributed by atoms with Crippen molar-refractivity contribution in [3.63, 3.8) is 0 Å². The van der Waals surface area contributed by atoms with E-state index in [0.717, 1.165) is 0 Å². The van der Waals surface area contributed by atoms with Gasteiger partial charge in [-0.05, 0) is 48.9 Å². The Morgan fingerprint density at radius 1 is 1.05 bits per heavy atom. The number of non-ortho nitro benzene ring substituents is 1. The molecular weight excluding hydrogens is 519 g/mol. The van der Waals surface area contributed by atoms with Crippen LogP contribution in [0.15, 0.2) is 96.4 Å². The lowest BCUT2D eigenvalue weighted by atomic mass is 9.80. The molecule has 2 aliphatic heterocycles. The third kappa shape index (κ3) is 4.95. The first-order chi connectivity index (χ1) is 18.7. The van der Waals surface area contributed by atoms with Gasteiger partial charge in [0.15, 0.2) is 5.70 Å². The molecule has 9 nitrogen and oxygen atoms in total. The van der Waals surface area contributed by atoms with Crippen LogP contribution in [0, 0.1) is 22.0 Å². The van der Waals surface area contributed by atoms with Crippen LogP contribution in [0.25, 0.3) is 0 Å². The van der Waals surface area contributed by atoms with Crippen molar-refractivity contribution in [1.29, 1.82) is 0 Å². The van der Waals surface area contributed by atoms with Crippen molar-refractivity contribution in [2.75, 3.05) is 6.54 Å². The summed E-state index contributed by atoms with van der Waals surface area (Å²) in [6.07, 6.45) is -0.597. The third-order valence-corrected chi connectivity index (χ3v) is 9.81. The van der Waals surface area contributed by atoms with Crippen LogP contribution in [0.2, 0.25) is 0 Å². The summed E-state index contributed by atoms with van der Waals surface area (Å²) in [5.74, 6) is -0.797. The maximum Gasteiger partial charge on any atom is 0.358 e. The Kier molecular flexibility index (Phi) is 7.30. The number of rotatable bonds is 9. The van der Waals surface area contributed by atoms with E-state index in [2.05, 4.69) is 0 Å². The molecule has 0 bridgehead atoms. The molecular formula is C29H29N2O7P. The van der Waals surface area contributed by atoms with E-state index in [-0.39, 0.29) is 41.6 Å². The minimum Gasteiger partial charge on any atom is -0.456 e. The third-order valence-electron chi connectivity index (χ3n) is 7.40. The Labute approximate surface area is 226 Å². The summed E-state index contributed by atoms with van der Waals surface area (Å²) >= 11 is 0. The van der Waals surface area contributed by atoms with Gasteiger partial charge in [-0.15, -0.1) is 0 Å². The second-order valence-electron chi connectivity index (χ2n) is 9.86. The van der Waals surface area contributed by atoms with E-state index in [1.54, 1.807) is 55.5 Å². The molecule has 0 saturated carbocycles. The maximum atomic E-state index is 14.7. The molecule has 202 valence electrons. The van der Waals surface area contributed by atoms with E-state index >= 15 is 0 Å². The number of fused-ring (bicyclic) bond motifs is 1. The lowest BCUT2D eigenvalue weighted by Crippen LogP contribution is -2.59. The summed E-state index contributed by atoms with van der Waals surface area (Å²) in [6.45, 7) is 3.95. The number of nitrogens with zero attached hydrogens (tertiary/aromatic N) is 2. The van der Waals surface area contributed by atoms with Gasteiger partial charge in [0.1, 0.15) is 12.4 Å². The van der Waals surface area contributed by atoms with Gasteiger partial charge in [-0.3, -0.25) is 14.7 Å². The fourth-order valence-corrected chi connectivity index (χ4v) is 7.47. The monoisotopic (exact) mass is 548 g/mol. The molecule has 1 fully saturated rings. The van der Waals surface area contributed by atoms with Gasteiger partial charge in [-0.2, -0.15) is 0 Å². The molecule has 0 aromatic heterocycles. The average Bonchev–Trinajstić information content (AvgIpc) is 3.13. The first-order valence-electron chi connectivity index (χ1n) is 12.7. The average molecular weight is 549 g/mol. The number of esters is 1. The lowest BCUT2D eigenvalue weighted by molar-refractivity contribution is -0.384. The normalized spacial score (nSPS) is 21.1. The van der Waals surface area contributed by atoms with Crippen molar-refractivity contribution in [3.05, 3.63) is 112 Å². The number of aliphatic hydroxyl groups is 1. The number of aliphatic hydroxyl groups excluding tert-OH is 1. The molecule has 10 heteroatoms. The Bertz CT molecular complexity index is 1400.